The van der Waals surface area contributed by atoms with Gasteiger partial charge in [-0.05, 0) is 83.5 Å². The van der Waals surface area contributed by atoms with Gasteiger partial charge in [-0.15, -0.1) is 0 Å². The third kappa shape index (κ3) is 42.1. The van der Waals surface area contributed by atoms with E-state index in [1.54, 1.807) is 0 Å². The zero-order valence-electron chi connectivity index (χ0n) is 40.6. The highest BCUT2D eigenvalue weighted by Crippen LogP contribution is 2.14. The number of unbranched alkanes of at least 4 members (excludes halogenated alkanes) is 18. The molecule has 0 bridgehead atoms. The molecule has 62 heavy (non-hydrogen) atoms. The number of carboxylic acid groups (broad SMARTS) is 1. The fourth-order valence-corrected chi connectivity index (χ4v) is 6.99. The van der Waals surface area contributed by atoms with Crippen LogP contribution < -0.4 is 0 Å². The van der Waals surface area contributed by atoms with Crippen molar-refractivity contribution in [2.24, 2.45) is 0 Å². The van der Waals surface area contributed by atoms with Gasteiger partial charge in [0.05, 0.1) is 34.4 Å². The number of aliphatic carboxylic acids is 1. The topological polar surface area (TPSA) is 99.1 Å². The number of carbonyl (C=O) groups is 3. The lowest BCUT2D eigenvalue weighted by molar-refractivity contribution is -0.887. The van der Waals surface area contributed by atoms with Gasteiger partial charge in [0, 0.05) is 19.3 Å². The van der Waals surface area contributed by atoms with E-state index in [4.69, 9.17) is 14.2 Å². The number of ether oxygens (including phenoxy) is 3. The van der Waals surface area contributed by atoms with Crippen LogP contribution in [0.5, 0.6) is 0 Å². The third-order valence-electron chi connectivity index (χ3n) is 10.8. The van der Waals surface area contributed by atoms with E-state index in [1.807, 2.05) is 21.1 Å². The van der Waals surface area contributed by atoms with Gasteiger partial charge in [0.1, 0.15) is 6.61 Å². The Labute approximate surface area is 381 Å². The molecule has 0 aliphatic heterocycles. The number of likely N-dealkylation sites (N-methyl/N-ethyl adjacent to an activating group) is 1. The molecule has 2 unspecified atom stereocenters. The minimum atomic E-state index is -0.882. The van der Waals surface area contributed by atoms with Gasteiger partial charge < -0.3 is 23.8 Å². The van der Waals surface area contributed by atoms with Crippen LogP contribution in [0.1, 0.15) is 200 Å². The third-order valence-corrected chi connectivity index (χ3v) is 10.8. The Kier molecular flexibility index (Phi) is 42.1. The van der Waals surface area contributed by atoms with E-state index in [0.29, 0.717) is 19.3 Å². The van der Waals surface area contributed by atoms with Crippen LogP contribution in [0.25, 0.3) is 0 Å². The summed E-state index contributed by atoms with van der Waals surface area (Å²) >= 11 is 0. The summed E-state index contributed by atoms with van der Waals surface area (Å²) in [5.41, 5.74) is 0. The summed E-state index contributed by atoms with van der Waals surface area (Å²) < 4.78 is 17.3. The number of nitrogens with zero attached hydrogens (tertiary/aromatic N) is 1. The van der Waals surface area contributed by atoms with Gasteiger partial charge in [-0.3, -0.25) is 9.59 Å². The number of hydrogen-bond acceptors (Lipinski definition) is 6. The maximum Gasteiger partial charge on any atom is 0.362 e. The van der Waals surface area contributed by atoms with Crippen LogP contribution in [0.15, 0.2) is 72.9 Å². The molecule has 8 heteroatoms. The van der Waals surface area contributed by atoms with Gasteiger partial charge in [-0.2, -0.15) is 0 Å². The van der Waals surface area contributed by atoms with Crippen LogP contribution in [-0.2, 0) is 28.6 Å². The lowest BCUT2D eigenvalue weighted by Gasteiger charge is -2.31. The average Bonchev–Trinajstić information content (AvgIpc) is 3.23. The Balaban J connectivity index is 4.35. The Morgan fingerprint density at radius 1 is 0.500 bits per heavy atom. The zero-order valence-corrected chi connectivity index (χ0v) is 40.6. The number of allylic oxidation sites excluding steroid dienone is 12. The molecule has 0 aromatic carbocycles. The van der Waals surface area contributed by atoms with E-state index in [2.05, 4.69) is 86.8 Å². The summed E-state index contributed by atoms with van der Waals surface area (Å²) in [7, 11) is 5.52. The van der Waals surface area contributed by atoms with Crippen molar-refractivity contribution in [1.29, 1.82) is 0 Å². The molecule has 8 nitrogen and oxygen atoms in total. The standard InChI is InChI=1S/C54H93NO7/c1-6-8-10-12-14-16-18-20-22-24-26-27-29-31-33-35-37-39-41-43-45-53(57)62-50(48-60-47-46-51(54(58)59)55(3,4)5)49-61-52(56)44-42-40-38-36-34-32-30-28-25-23-21-19-17-15-13-11-9-7-2/h8,10,14,16,20,22,26-28,30-31,33,50-51H,6-7,9,11-13,15,17-19,21,23-25,29,32,34-49H2,1-5H3/p+1/b10-8+,16-14+,22-20+,27-26+,30-28+,33-31+. The van der Waals surface area contributed by atoms with Crippen molar-refractivity contribution >= 4 is 17.9 Å². The second-order valence-corrected chi connectivity index (χ2v) is 17.7. The van der Waals surface area contributed by atoms with Gasteiger partial charge in [0.25, 0.3) is 0 Å². The maximum atomic E-state index is 12.8. The summed E-state index contributed by atoms with van der Waals surface area (Å²) in [6.07, 6.45) is 56.6. The van der Waals surface area contributed by atoms with E-state index >= 15 is 0 Å². The maximum absolute atomic E-state index is 12.8. The molecule has 0 rings (SSSR count). The SMILES string of the molecule is CC/C=C/C/C=C/C/C=C/C/C=C/C/C=C/CCCCCCC(=O)OC(COCCC(C(=O)O)[N+](C)(C)C)COC(=O)CCCCCCC/C=C/CCCCCCCCCCC. The van der Waals surface area contributed by atoms with Gasteiger partial charge in [-0.1, -0.05) is 170 Å². The Bertz CT molecular complexity index is 1240. The second kappa shape index (κ2) is 44.4. The average molecular weight is 869 g/mol. The Hall–Kier alpha value is -3.23. The minimum Gasteiger partial charge on any atom is -0.477 e. The number of quaternary nitrogens is 1. The lowest BCUT2D eigenvalue weighted by Crippen LogP contribution is -2.50. The van der Waals surface area contributed by atoms with Crippen LogP contribution >= 0.6 is 0 Å². The molecular formula is C54H94NO7+. The molecule has 0 aromatic heterocycles. The molecule has 2 atom stereocenters. The number of rotatable bonds is 44. The van der Waals surface area contributed by atoms with E-state index in [1.165, 1.54) is 70.6 Å². The molecule has 356 valence electrons. The van der Waals surface area contributed by atoms with Crippen LogP contribution in [0.3, 0.4) is 0 Å². The molecule has 0 saturated carbocycles. The van der Waals surface area contributed by atoms with Crippen LogP contribution in [0.4, 0.5) is 0 Å². The molecular weight excluding hydrogens is 775 g/mol. The molecule has 0 aromatic rings. The van der Waals surface area contributed by atoms with E-state index < -0.39 is 18.1 Å². The van der Waals surface area contributed by atoms with Crippen molar-refractivity contribution in [3.63, 3.8) is 0 Å². The van der Waals surface area contributed by atoms with Crippen molar-refractivity contribution in [3.8, 4) is 0 Å². The summed E-state index contributed by atoms with van der Waals surface area (Å²) in [4.78, 5) is 37.1. The smallest absolute Gasteiger partial charge is 0.362 e. The van der Waals surface area contributed by atoms with E-state index in [-0.39, 0.29) is 36.2 Å². The van der Waals surface area contributed by atoms with Crippen molar-refractivity contribution in [2.75, 3.05) is 41.0 Å². The number of esters is 2. The molecule has 0 saturated heterocycles. The highest BCUT2D eigenvalue weighted by molar-refractivity contribution is 5.72. The molecule has 1 N–H and O–H groups in total. The van der Waals surface area contributed by atoms with Gasteiger partial charge in [0.15, 0.2) is 12.1 Å². The zero-order chi connectivity index (χ0) is 45.6. The van der Waals surface area contributed by atoms with Crippen LogP contribution in [-0.4, -0.2) is 80.6 Å². The largest absolute Gasteiger partial charge is 0.477 e. The van der Waals surface area contributed by atoms with Crippen molar-refractivity contribution in [3.05, 3.63) is 72.9 Å². The Morgan fingerprint density at radius 3 is 1.35 bits per heavy atom. The molecule has 0 aliphatic rings. The molecule has 0 aliphatic carbocycles. The highest BCUT2D eigenvalue weighted by atomic mass is 16.6. The summed E-state index contributed by atoms with van der Waals surface area (Å²) in [6, 6.07) is -0.624. The fourth-order valence-electron chi connectivity index (χ4n) is 6.99. The summed E-state index contributed by atoms with van der Waals surface area (Å²) in [5, 5.41) is 9.65. The monoisotopic (exact) mass is 869 g/mol. The normalized spacial score (nSPS) is 13.5. The highest BCUT2D eigenvalue weighted by Gasteiger charge is 2.31. The van der Waals surface area contributed by atoms with Crippen molar-refractivity contribution in [1.82, 2.24) is 0 Å². The van der Waals surface area contributed by atoms with E-state index in [0.717, 1.165) is 96.3 Å². The predicted molar refractivity (Wildman–Crippen MR) is 261 cm³/mol. The summed E-state index contributed by atoms with van der Waals surface area (Å²) in [5.74, 6) is -1.51. The van der Waals surface area contributed by atoms with E-state index in [9.17, 15) is 19.5 Å². The first-order chi connectivity index (χ1) is 30.1. The molecule has 0 spiro atoms. The predicted octanol–water partition coefficient (Wildman–Crippen LogP) is 14.3. The van der Waals surface area contributed by atoms with Gasteiger partial charge in [0.2, 0.25) is 0 Å². The lowest BCUT2D eigenvalue weighted by atomic mass is 10.1. The van der Waals surface area contributed by atoms with Crippen molar-refractivity contribution < 1.29 is 38.2 Å². The van der Waals surface area contributed by atoms with Crippen LogP contribution in [0.2, 0.25) is 0 Å². The van der Waals surface area contributed by atoms with Crippen molar-refractivity contribution in [2.45, 2.75) is 212 Å². The Morgan fingerprint density at radius 2 is 0.903 bits per heavy atom. The number of carboxylic acids is 1. The van der Waals surface area contributed by atoms with Gasteiger partial charge in [-0.25, -0.2) is 4.79 Å². The first kappa shape index (κ1) is 58.8. The molecule has 0 amide bonds. The quantitative estimate of drug-likeness (QED) is 0.0282. The molecule has 0 fully saturated rings. The molecule has 0 heterocycles. The van der Waals surface area contributed by atoms with Gasteiger partial charge >= 0.3 is 17.9 Å². The first-order valence-electron chi connectivity index (χ1n) is 25.0. The summed E-state index contributed by atoms with van der Waals surface area (Å²) in [6.45, 7) is 4.59. The molecule has 0 radical (unpaired) electrons. The van der Waals surface area contributed by atoms with Crippen LogP contribution in [0, 0.1) is 0 Å². The first-order valence-corrected chi connectivity index (χ1v) is 25.0. The second-order valence-electron chi connectivity index (χ2n) is 17.7. The number of carbonyl (C=O) groups excluding carboxylic acids is 2. The minimum absolute atomic E-state index is 0.0450. The number of hydrogen-bond donors (Lipinski definition) is 1. The fraction of sp³-hybridized carbons (Fsp3) is 0.722.